The van der Waals surface area contributed by atoms with Crippen LogP contribution in [0.2, 0.25) is 5.02 Å². The van der Waals surface area contributed by atoms with Crippen molar-refractivity contribution in [3.8, 4) is 0 Å². The fourth-order valence-electron chi connectivity index (χ4n) is 1.33. The minimum absolute atomic E-state index is 0.132. The molecule has 8 heteroatoms. The third-order valence-electron chi connectivity index (χ3n) is 2.11. The smallest absolute Gasteiger partial charge is 0.345 e. The van der Waals surface area contributed by atoms with Gasteiger partial charge in [-0.1, -0.05) is 11.6 Å². The molecule has 0 unspecified atom stereocenters. The highest BCUT2D eigenvalue weighted by Gasteiger charge is 2.31. The third kappa shape index (κ3) is 2.40. The first kappa shape index (κ1) is 13.9. The van der Waals surface area contributed by atoms with Crippen LogP contribution in [-0.4, -0.2) is 31.1 Å². The van der Waals surface area contributed by atoms with Crippen LogP contribution in [0.4, 0.5) is 5.69 Å². The highest BCUT2D eigenvalue weighted by molar-refractivity contribution is 6.34. The predicted molar refractivity (Wildman–Crippen MR) is 60.8 cm³/mol. The van der Waals surface area contributed by atoms with Crippen molar-refractivity contribution >= 4 is 29.2 Å². The number of benzene rings is 1. The lowest BCUT2D eigenvalue weighted by molar-refractivity contribution is -0.385. The maximum atomic E-state index is 11.5. The summed E-state index contributed by atoms with van der Waals surface area (Å²) in [5.74, 6) is -1.99. The molecule has 0 atom stereocenters. The number of methoxy groups -OCH3 is 2. The molecular weight excluding hydrogens is 266 g/mol. The summed E-state index contributed by atoms with van der Waals surface area (Å²) in [6, 6.07) is 2.15. The Morgan fingerprint density at radius 1 is 1.17 bits per heavy atom. The minimum atomic E-state index is -1.04. The molecule has 0 aliphatic heterocycles. The maximum absolute atomic E-state index is 11.5. The van der Waals surface area contributed by atoms with E-state index in [2.05, 4.69) is 9.47 Å². The number of nitrogens with zero attached hydrogens (tertiary/aromatic N) is 1. The Kier molecular flexibility index (Phi) is 4.22. The molecule has 1 aromatic carbocycles. The highest BCUT2D eigenvalue weighted by atomic mass is 35.5. The second-order valence-corrected chi connectivity index (χ2v) is 3.46. The van der Waals surface area contributed by atoms with E-state index in [-0.39, 0.29) is 10.6 Å². The molecule has 0 aliphatic rings. The Hall–Kier alpha value is -2.15. The highest BCUT2D eigenvalue weighted by Crippen LogP contribution is 2.29. The molecule has 1 aromatic rings. The molecule has 0 spiro atoms. The van der Waals surface area contributed by atoms with Crippen molar-refractivity contribution < 1.29 is 24.0 Å². The monoisotopic (exact) mass is 273 g/mol. The van der Waals surface area contributed by atoms with Gasteiger partial charge in [-0.15, -0.1) is 0 Å². The summed E-state index contributed by atoms with van der Waals surface area (Å²) in [7, 11) is 2.10. The second-order valence-electron chi connectivity index (χ2n) is 3.06. The number of carbonyl (C=O) groups excluding carboxylic acids is 2. The van der Waals surface area contributed by atoms with E-state index in [1.807, 2.05) is 0 Å². The van der Waals surface area contributed by atoms with E-state index in [1.165, 1.54) is 0 Å². The van der Waals surface area contributed by atoms with Crippen LogP contribution in [0.15, 0.2) is 12.1 Å². The lowest BCUT2D eigenvalue weighted by atomic mass is 10.1. The molecule has 0 aromatic heterocycles. The van der Waals surface area contributed by atoms with Crippen LogP contribution in [0.25, 0.3) is 0 Å². The average Bonchev–Trinajstić information content (AvgIpc) is 2.36. The maximum Gasteiger partial charge on any atom is 0.345 e. The minimum Gasteiger partial charge on any atom is -0.465 e. The van der Waals surface area contributed by atoms with Crippen molar-refractivity contribution in [1.29, 1.82) is 0 Å². The molecular formula is C10H8ClNO6. The van der Waals surface area contributed by atoms with Gasteiger partial charge in [0.15, 0.2) is 5.56 Å². The van der Waals surface area contributed by atoms with Crippen molar-refractivity contribution in [2.24, 2.45) is 0 Å². The van der Waals surface area contributed by atoms with E-state index in [1.54, 1.807) is 0 Å². The van der Waals surface area contributed by atoms with Crippen molar-refractivity contribution in [3.05, 3.63) is 38.4 Å². The standard InChI is InChI=1S/C10H8ClNO6/c1-17-9(13)7-5(11)3-4-6(12(15)16)8(7)10(14)18-2/h3-4H,1-2H3. The fourth-order valence-corrected chi connectivity index (χ4v) is 1.56. The summed E-state index contributed by atoms with van der Waals surface area (Å²) in [6.45, 7) is 0. The van der Waals surface area contributed by atoms with E-state index in [4.69, 9.17) is 11.6 Å². The van der Waals surface area contributed by atoms with Gasteiger partial charge >= 0.3 is 11.9 Å². The second kappa shape index (κ2) is 5.46. The molecule has 0 bridgehead atoms. The van der Waals surface area contributed by atoms with Gasteiger partial charge in [0.1, 0.15) is 0 Å². The Morgan fingerprint density at radius 2 is 1.67 bits per heavy atom. The molecule has 96 valence electrons. The number of hydrogen-bond donors (Lipinski definition) is 0. The number of nitro groups is 1. The molecule has 0 saturated heterocycles. The Labute approximate surface area is 106 Å². The van der Waals surface area contributed by atoms with Crippen molar-refractivity contribution in [3.63, 3.8) is 0 Å². The molecule has 0 radical (unpaired) electrons. The van der Waals surface area contributed by atoms with Crippen molar-refractivity contribution in [1.82, 2.24) is 0 Å². The van der Waals surface area contributed by atoms with E-state index >= 15 is 0 Å². The summed E-state index contributed by atoms with van der Waals surface area (Å²) in [5.41, 5.74) is -1.49. The molecule has 0 heterocycles. The molecule has 0 saturated carbocycles. The zero-order valence-electron chi connectivity index (χ0n) is 9.43. The van der Waals surface area contributed by atoms with Gasteiger partial charge in [0.25, 0.3) is 5.69 Å². The van der Waals surface area contributed by atoms with Crippen LogP contribution < -0.4 is 0 Å². The number of hydrogen-bond acceptors (Lipinski definition) is 6. The summed E-state index contributed by atoms with van der Waals surface area (Å²) >= 11 is 5.75. The third-order valence-corrected chi connectivity index (χ3v) is 2.42. The van der Waals surface area contributed by atoms with Gasteiger partial charge < -0.3 is 9.47 Å². The number of esters is 2. The van der Waals surface area contributed by atoms with Gasteiger partial charge in [0.2, 0.25) is 0 Å². The van der Waals surface area contributed by atoms with Gasteiger partial charge in [-0.3, -0.25) is 10.1 Å². The van der Waals surface area contributed by atoms with Crippen LogP contribution in [0.3, 0.4) is 0 Å². The zero-order chi connectivity index (χ0) is 13.9. The number of ether oxygens (including phenoxy) is 2. The first-order valence-electron chi connectivity index (χ1n) is 4.57. The summed E-state index contributed by atoms with van der Waals surface area (Å²) in [5, 5.41) is 10.7. The first-order chi connectivity index (χ1) is 8.43. The van der Waals surface area contributed by atoms with Crippen LogP contribution in [-0.2, 0) is 9.47 Å². The first-order valence-corrected chi connectivity index (χ1v) is 4.95. The molecule has 18 heavy (non-hydrogen) atoms. The Bertz CT molecular complexity index is 527. The molecule has 0 N–H and O–H groups in total. The van der Waals surface area contributed by atoms with Gasteiger partial charge in [0, 0.05) is 6.07 Å². The average molecular weight is 274 g/mol. The number of carbonyl (C=O) groups is 2. The van der Waals surface area contributed by atoms with Crippen molar-refractivity contribution in [2.45, 2.75) is 0 Å². The molecule has 7 nitrogen and oxygen atoms in total. The zero-order valence-corrected chi connectivity index (χ0v) is 10.2. The van der Waals surface area contributed by atoms with Crippen molar-refractivity contribution in [2.75, 3.05) is 14.2 Å². The van der Waals surface area contributed by atoms with Gasteiger partial charge in [0.05, 0.1) is 29.7 Å². The van der Waals surface area contributed by atoms with Crippen LogP contribution in [0, 0.1) is 10.1 Å². The SMILES string of the molecule is COC(=O)c1c(Cl)ccc([N+](=O)[O-])c1C(=O)OC. The molecule has 1 rings (SSSR count). The number of halogens is 1. The van der Waals surface area contributed by atoms with Gasteiger partial charge in [-0.25, -0.2) is 9.59 Å². The van der Waals surface area contributed by atoms with Gasteiger partial charge in [-0.2, -0.15) is 0 Å². The van der Waals surface area contributed by atoms with E-state index in [9.17, 15) is 19.7 Å². The lowest BCUT2D eigenvalue weighted by Gasteiger charge is -2.08. The van der Waals surface area contributed by atoms with E-state index < -0.39 is 28.1 Å². The molecule has 0 fully saturated rings. The van der Waals surface area contributed by atoms with E-state index in [0.29, 0.717) is 0 Å². The quantitative estimate of drug-likeness (QED) is 0.473. The van der Waals surface area contributed by atoms with Crippen LogP contribution in [0.1, 0.15) is 20.7 Å². The van der Waals surface area contributed by atoms with Gasteiger partial charge in [-0.05, 0) is 6.07 Å². The molecule has 0 aliphatic carbocycles. The van der Waals surface area contributed by atoms with Crippen LogP contribution >= 0.6 is 11.6 Å². The summed E-state index contributed by atoms with van der Waals surface area (Å²) < 4.78 is 8.84. The predicted octanol–water partition coefficient (Wildman–Crippen LogP) is 1.82. The number of rotatable bonds is 3. The summed E-state index contributed by atoms with van der Waals surface area (Å²) in [4.78, 5) is 33.1. The largest absolute Gasteiger partial charge is 0.465 e. The molecule has 0 amide bonds. The Morgan fingerprint density at radius 3 is 2.11 bits per heavy atom. The lowest BCUT2D eigenvalue weighted by Crippen LogP contribution is -2.15. The Balaban J connectivity index is 3.65. The number of nitro benzene ring substituents is 1. The van der Waals surface area contributed by atoms with Crippen LogP contribution in [0.5, 0.6) is 0 Å². The van der Waals surface area contributed by atoms with E-state index in [0.717, 1.165) is 26.4 Å². The normalized spacial score (nSPS) is 9.72. The fraction of sp³-hybridized carbons (Fsp3) is 0.200. The summed E-state index contributed by atoms with van der Waals surface area (Å²) in [6.07, 6.45) is 0. The topological polar surface area (TPSA) is 95.7 Å².